The van der Waals surface area contributed by atoms with Crippen LogP contribution in [0.15, 0.2) is 74.1 Å². The molecule has 1 heterocycles. The molecule has 0 aromatic heterocycles. The molecule has 0 bridgehead atoms. The first-order valence-corrected chi connectivity index (χ1v) is 16.3. The van der Waals surface area contributed by atoms with Crippen molar-refractivity contribution in [2.45, 2.75) is 52.4 Å². The Labute approximate surface area is 270 Å². The predicted molar refractivity (Wildman–Crippen MR) is 186 cm³/mol. The maximum atomic E-state index is 14.6. The van der Waals surface area contributed by atoms with Crippen LogP contribution in [-0.4, -0.2) is 11.8 Å². The second kappa shape index (κ2) is 9.10. The van der Waals surface area contributed by atoms with Gasteiger partial charge in [-0.25, -0.2) is 4.90 Å². The third-order valence-electron chi connectivity index (χ3n) is 8.61. The van der Waals surface area contributed by atoms with E-state index in [9.17, 15) is 9.59 Å². The van der Waals surface area contributed by atoms with Crippen molar-refractivity contribution in [3.63, 3.8) is 0 Å². The van der Waals surface area contributed by atoms with Crippen LogP contribution in [-0.2, 0) is 10.8 Å². The summed E-state index contributed by atoms with van der Waals surface area (Å²) in [5.41, 5.74) is 3.29. The number of rotatable bonds is 1. The van der Waals surface area contributed by atoms with Crippen LogP contribution in [0.2, 0.25) is 0 Å². The zero-order chi connectivity index (χ0) is 30.0. The van der Waals surface area contributed by atoms with Crippen LogP contribution in [0.1, 0.15) is 73.4 Å². The van der Waals surface area contributed by atoms with Gasteiger partial charge in [-0.2, -0.15) is 0 Å². The highest BCUT2D eigenvalue weighted by molar-refractivity contribution is 9.11. The highest BCUT2D eigenvalue weighted by atomic mass is 79.9. The number of anilines is 1. The predicted octanol–water partition coefficient (Wildman–Crippen LogP) is 11.4. The molecule has 6 heteroatoms. The van der Waals surface area contributed by atoms with Crippen LogP contribution < -0.4 is 4.90 Å². The number of benzene rings is 6. The van der Waals surface area contributed by atoms with Crippen LogP contribution in [0.25, 0.3) is 43.1 Å². The third-order valence-corrected chi connectivity index (χ3v) is 10.6. The highest BCUT2D eigenvalue weighted by Crippen LogP contribution is 2.50. The molecule has 0 atom stereocenters. The van der Waals surface area contributed by atoms with Gasteiger partial charge in [0.1, 0.15) is 0 Å². The molecular weight excluding hydrogens is 718 g/mol. The van der Waals surface area contributed by atoms with E-state index in [4.69, 9.17) is 0 Å². The first-order valence-electron chi connectivity index (χ1n) is 13.9. The topological polar surface area (TPSA) is 37.4 Å². The molecule has 0 fully saturated rings. The van der Waals surface area contributed by atoms with Crippen LogP contribution in [0.5, 0.6) is 0 Å². The molecule has 0 N–H and O–H groups in total. The SMILES string of the molecule is CC(C)(C)c1ccc(C(C)(C)C)c(N2C(=O)c3cc(Br)c4c5cccc6c(Br)ccc(c7c(Br)cc(c3c47)C2=O)c65)c1. The van der Waals surface area contributed by atoms with Gasteiger partial charge in [-0.1, -0.05) is 126 Å². The molecule has 0 spiro atoms. The number of hydrogen-bond donors (Lipinski definition) is 0. The number of imide groups is 1. The largest absolute Gasteiger partial charge is 0.268 e. The average molecular weight is 746 g/mol. The lowest BCUT2D eigenvalue weighted by Crippen LogP contribution is -2.42. The second-order valence-electron chi connectivity index (χ2n) is 13.3. The van der Waals surface area contributed by atoms with E-state index in [1.165, 1.54) is 4.90 Å². The average Bonchev–Trinajstić information content (AvgIpc) is 2.91. The zero-order valence-electron chi connectivity index (χ0n) is 24.2. The van der Waals surface area contributed by atoms with Crippen molar-refractivity contribution < 1.29 is 9.59 Å². The minimum Gasteiger partial charge on any atom is -0.268 e. The van der Waals surface area contributed by atoms with Crippen molar-refractivity contribution in [1.82, 2.24) is 0 Å². The van der Waals surface area contributed by atoms with Crippen LogP contribution in [0, 0.1) is 0 Å². The van der Waals surface area contributed by atoms with Crippen molar-refractivity contribution in [2.24, 2.45) is 0 Å². The Hall–Kier alpha value is -2.80. The first-order chi connectivity index (χ1) is 19.7. The molecule has 210 valence electrons. The fraction of sp³-hybridized carbons (Fsp3) is 0.222. The van der Waals surface area contributed by atoms with Crippen molar-refractivity contribution in [2.75, 3.05) is 4.90 Å². The standard InChI is InChI=1S/C36H28Br3NO2/c1-35(2,3)17-10-12-23(36(4,5)6)27(14-17)40-33(41)21-15-25(38)30-19-9-7-8-18-24(37)13-11-20(28(18)19)31-26(39)16-22(34(40)42)29(21)32(30)31/h7-16H,1-6H3. The van der Waals surface area contributed by atoms with Crippen LogP contribution >= 0.6 is 47.8 Å². The van der Waals surface area contributed by atoms with Crippen molar-refractivity contribution in [3.8, 4) is 0 Å². The Morgan fingerprint density at radius 1 is 0.548 bits per heavy atom. The fourth-order valence-corrected chi connectivity index (χ4v) is 8.34. The van der Waals surface area contributed by atoms with Gasteiger partial charge in [0.15, 0.2) is 0 Å². The maximum absolute atomic E-state index is 14.6. The van der Waals surface area contributed by atoms with E-state index < -0.39 is 0 Å². The molecule has 42 heavy (non-hydrogen) atoms. The number of fused-ring (bicyclic) bond motifs is 2. The van der Waals surface area contributed by atoms with Gasteiger partial charge in [-0.05, 0) is 67.8 Å². The molecule has 0 saturated heterocycles. The Balaban J connectivity index is 1.61. The summed E-state index contributed by atoms with van der Waals surface area (Å²) in [6.45, 7) is 12.8. The van der Waals surface area contributed by atoms with Crippen molar-refractivity contribution in [1.29, 1.82) is 0 Å². The normalized spacial score (nSPS) is 14.4. The minimum atomic E-state index is -0.301. The quantitative estimate of drug-likeness (QED) is 0.0955. The first kappa shape index (κ1) is 28.0. The van der Waals surface area contributed by atoms with E-state index in [2.05, 4.69) is 132 Å². The number of hydrogen-bond acceptors (Lipinski definition) is 2. The van der Waals surface area contributed by atoms with E-state index >= 15 is 0 Å². The monoisotopic (exact) mass is 743 g/mol. The fourth-order valence-electron chi connectivity index (χ4n) is 6.59. The number of halogens is 3. The Kier molecular flexibility index (Phi) is 6.07. The number of amides is 2. The van der Waals surface area contributed by atoms with E-state index in [0.29, 0.717) is 22.2 Å². The lowest BCUT2D eigenvalue weighted by atomic mass is 9.80. The van der Waals surface area contributed by atoms with Crippen LogP contribution in [0.4, 0.5) is 5.69 Å². The summed E-state index contributed by atoms with van der Waals surface area (Å²) in [6.07, 6.45) is 0. The van der Waals surface area contributed by atoms with Gasteiger partial charge in [-0.3, -0.25) is 9.59 Å². The molecule has 1 aliphatic rings. The molecule has 0 unspecified atom stereocenters. The highest BCUT2D eigenvalue weighted by Gasteiger charge is 2.39. The summed E-state index contributed by atoms with van der Waals surface area (Å²) in [5.74, 6) is -0.603. The van der Waals surface area contributed by atoms with E-state index in [1.54, 1.807) is 0 Å². The Morgan fingerprint density at radius 2 is 1.12 bits per heavy atom. The molecule has 0 saturated carbocycles. The summed E-state index contributed by atoms with van der Waals surface area (Å²) in [4.78, 5) is 30.5. The molecule has 0 radical (unpaired) electrons. The summed E-state index contributed by atoms with van der Waals surface area (Å²) < 4.78 is 2.68. The maximum Gasteiger partial charge on any atom is 0.266 e. The molecule has 6 aromatic rings. The number of nitrogens with zero attached hydrogens (tertiary/aromatic N) is 1. The molecule has 3 nitrogen and oxygen atoms in total. The van der Waals surface area contributed by atoms with Gasteiger partial charge in [0.2, 0.25) is 0 Å². The van der Waals surface area contributed by atoms with Gasteiger partial charge in [0.05, 0.1) is 16.8 Å². The number of carbonyl (C=O) groups excluding carboxylic acids is 2. The molecule has 7 rings (SSSR count). The summed E-state index contributed by atoms with van der Waals surface area (Å²) in [6, 6.07) is 20.5. The second-order valence-corrected chi connectivity index (χ2v) is 15.9. The zero-order valence-corrected chi connectivity index (χ0v) is 28.9. The molecule has 2 amide bonds. The summed E-state index contributed by atoms with van der Waals surface area (Å²) in [5, 5.41) is 8.06. The number of carbonyl (C=O) groups is 2. The Bertz CT molecular complexity index is 2110. The van der Waals surface area contributed by atoms with Gasteiger partial charge in [0, 0.05) is 35.0 Å². The van der Waals surface area contributed by atoms with Crippen molar-refractivity contribution >= 4 is 108 Å². The van der Waals surface area contributed by atoms with Gasteiger partial charge >= 0.3 is 0 Å². The van der Waals surface area contributed by atoms with Crippen LogP contribution in [0.3, 0.4) is 0 Å². The van der Waals surface area contributed by atoms with E-state index in [0.717, 1.165) is 62.2 Å². The smallest absolute Gasteiger partial charge is 0.266 e. The van der Waals surface area contributed by atoms with Gasteiger partial charge in [0.25, 0.3) is 11.8 Å². The third kappa shape index (κ3) is 3.80. The van der Waals surface area contributed by atoms with Gasteiger partial charge < -0.3 is 0 Å². The lowest BCUT2D eigenvalue weighted by Gasteiger charge is -2.34. The molecule has 1 aliphatic heterocycles. The molecular formula is C36H28Br3NO2. The molecule has 6 aromatic carbocycles. The van der Waals surface area contributed by atoms with Crippen molar-refractivity contribution in [3.05, 3.63) is 96.3 Å². The molecule has 0 aliphatic carbocycles. The lowest BCUT2D eigenvalue weighted by molar-refractivity contribution is 0.0893. The van der Waals surface area contributed by atoms with E-state index in [1.807, 2.05) is 18.2 Å². The summed E-state index contributed by atoms with van der Waals surface area (Å²) >= 11 is 11.5. The Morgan fingerprint density at radius 3 is 1.69 bits per heavy atom. The van der Waals surface area contributed by atoms with Gasteiger partial charge in [-0.15, -0.1) is 0 Å². The van der Waals surface area contributed by atoms with E-state index in [-0.39, 0.29) is 22.6 Å². The summed E-state index contributed by atoms with van der Waals surface area (Å²) in [7, 11) is 0. The minimum absolute atomic E-state index is 0.152.